The summed E-state index contributed by atoms with van der Waals surface area (Å²) in [6, 6.07) is -2.69. The van der Waals surface area contributed by atoms with E-state index in [0.29, 0.717) is 19.3 Å². The monoisotopic (exact) mass is 572 g/mol. The van der Waals surface area contributed by atoms with Crippen LogP contribution in [-0.2, 0) is 23.9 Å². The van der Waals surface area contributed by atoms with Crippen LogP contribution in [0.2, 0.25) is 0 Å². The SMILES string of the molecule is CC[C@H](C)[C@H](NC(=O)OC(C)(C)C)C(=O)N[C@H](C(=O)N[C@@H](CC(C)C)[C@@H](O)CC(=O)NCCC(=O)O)[C@@H](C)CC. The zero-order chi connectivity index (χ0) is 31.2. The molecule has 6 N–H and O–H groups in total. The second-order valence-corrected chi connectivity index (χ2v) is 11.9. The molecule has 12 nitrogen and oxygen atoms in total. The van der Waals surface area contributed by atoms with Gasteiger partial charge in [0.05, 0.1) is 25.0 Å². The number of nitrogens with one attached hydrogen (secondary N) is 4. The van der Waals surface area contributed by atoms with Gasteiger partial charge in [0.15, 0.2) is 0 Å². The van der Waals surface area contributed by atoms with Gasteiger partial charge < -0.3 is 36.2 Å². The number of carbonyl (C=O) groups is 5. The van der Waals surface area contributed by atoms with Gasteiger partial charge in [0.2, 0.25) is 17.7 Å². The van der Waals surface area contributed by atoms with E-state index in [2.05, 4.69) is 21.3 Å². The number of hydrogen-bond acceptors (Lipinski definition) is 7. The van der Waals surface area contributed by atoms with E-state index in [0.717, 1.165) is 0 Å². The molecule has 4 amide bonds. The highest BCUT2D eigenvalue weighted by Crippen LogP contribution is 2.16. The lowest BCUT2D eigenvalue weighted by Crippen LogP contribution is -2.59. The number of carboxylic acids is 1. The summed E-state index contributed by atoms with van der Waals surface area (Å²) in [6.45, 7) is 16.3. The van der Waals surface area contributed by atoms with Gasteiger partial charge in [-0.3, -0.25) is 19.2 Å². The van der Waals surface area contributed by atoms with Crippen molar-refractivity contribution in [3.8, 4) is 0 Å². The van der Waals surface area contributed by atoms with Crippen molar-refractivity contribution in [3.63, 3.8) is 0 Å². The van der Waals surface area contributed by atoms with Gasteiger partial charge in [0, 0.05) is 6.54 Å². The van der Waals surface area contributed by atoms with E-state index in [9.17, 15) is 29.1 Å². The molecule has 6 atom stereocenters. The number of aliphatic carboxylic acids is 1. The molecule has 40 heavy (non-hydrogen) atoms. The quantitative estimate of drug-likeness (QED) is 0.153. The summed E-state index contributed by atoms with van der Waals surface area (Å²) in [5.41, 5.74) is -0.751. The smallest absolute Gasteiger partial charge is 0.408 e. The summed E-state index contributed by atoms with van der Waals surface area (Å²) in [7, 11) is 0. The summed E-state index contributed by atoms with van der Waals surface area (Å²) in [4.78, 5) is 62.1. The van der Waals surface area contributed by atoms with Crippen molar-refractivity contribution in [2.75, 3.05) is 6.54 Å². The Kier molecular flexibility index (Phi) is 16.4. The molecule has 0 aromatic heterocycles. The summed E-state index contributed by atoms with van der Waals surface area (Å²) in [5, 5.41) is 30.2. The molecule has 0 heterocycles. The lowest BCUT2D eigenvalue weighted by atomic mass is 9.93. The topological polar surface area (TPSA) is 183 Å². The molecule has 0 aromatic carbocycles. The van der Waals surface area contributed by atoms with Crippen LogP contribution in [0.5, 0.6) is 0 Å². The Morgan fingerprint density at radius 2 is 1.32 bits per heavy atom. The molecule has 0 saturated carbocycles. The van der Waals surface area contributed by atoms with Gasteiger partial charge in [-0.15, -0.1) is 0 Å². The first-order chi connectivity index (χ1) is 18.4. The van der Waals surface area contributed by atoms with Crippen LogP contribution < -0.4 is 21.3 Å². The summed E-state index contributed by atoms with van der Waals surface area (Å²) < 4.78 is 5.32. The van der Waals surface area contributed by atoms with Crippen molar-refractivity contribution < 1.29 is 38.9 Å². The van der Waals surface area contributed by atoms with Gasteiger partial charge in [-0.1, -0.05) is 54.4 Å². The molecule has 0 aliphatic heterocycles. The number of carbonyl (C=O) groups excluding carboxylic acids is 4. The fraction of sp³-hybridized carbons (Fsp3) is 0.821. The maximum absolute atomic E-state index is 13.5. The molecule has 0 aromatic rings. The predicted molar refractivity (Wildman–Crippen MR) is 151 cm³/mol. The average molecular weight is 573 g/mol. The van der Waals surface area contributed by atoms with Crippen LogP contribution in [0.25, 0.3) is 0 Å². The largest absolute Gasteiger partial charge is 0.481 e. The van der Waals surface area contributed by atoms with Crippen molar-refractivity contribution >= 4 is 29.8 Å². The minimum atomic E-state index is -1.23. The third-order valence-electron chi connectivity index (χ3n) is 6.53. The van der Waals surface area contributed by atoms with Gasteiger partial charge in [-0.25, -0.2) is 4.79 Å². The molecule has 0 saturated heterocycles. The number of rotatable bonds is 17. The Hall–Kier alpha value is -2.89. The summed E-state index contributed by atoms with van der Waals surface area (Å²) >= 11 is 0. The zero-order valence-corrected chi connectivity index (χ0v) is 25.6. The Labute approximate surface area is 238 Å². The molecular weight excluding hydrogens is 520 g/mol. The number of amides is 4. The van der Waals surface area contributed by atoms with Gasteiger partial charge >= 0.3 is 12.1 Å². The van der Waals surface area contributed by atoms with Crippen LogP contribution >= 0.6 is 0 Å². The van der Waals surface area contributed by atoms with Crippen molar-refractivity contribution in [2.45, 2.75) is 124 Å². The molecule has 0 bridgehead atoms. The number of aliphatic hydroxyl groups is 1. The van der Waals surface area contributed by atoms with Crippen LogP contribution in [0.1, 0.15) is 94.4 Å². The molecule has 232 valence electrons. The first-order valence-corrected chi connectivity index (χ1v) is 14.2. The number of carboxylic acid groups (broad SMARTS) is 1. The van der Waals surface area contributed by atoms with Crippen LogP contribution in [0.4, 0.5) is 4.79 Å². The summed E-state index contributed by atoms with van der Waals surface area (Å²) in [5.74, 6) is -3.09. The van der Waals surface area contributed by atoms with Crippen molar-refractivity contribution in [3.05, 3.63) is 0 Å². The van der Waals surface area contributed by atoms with Gasteiger partial charge in [0.1, 0.15) is 17.7 Å². The van der Waals surface area contributed by atoms with E-state index >= 15 is 0 Å². The standard InChI is InChI=1S/C28H52N4O8/c1-10-17(5)23(31-26(38)24(18(6)11-2)32-27(39)40-28(7,8)9)25(37)30-19(14-16(3)4)20(33)15-21(34)29-13-12-22(35)36/h16-20,23-24,33H,10-15H2,1-9H3,(H,29,34)(H,30,37)(H,31,38)(H,32,39)(H,35,36)/t17-,18-,19-,20-,23-,24-/m0/s1. The third kappa shape index (κ3) is 15.0. The maximum Gasteiger partial charge on any atom is 0.408 e. The highest BCUT2D eigenvalue weighted by Gasteiger charge is 2.35. The fourth-order valence-electron chi connectivity index (χ4n) is 3.89. The molecule has 0 rings (SSSR count). The van der Waals surface area contributed by atoms with E-state index in [-0.39, 0.29) is 37.1 Å². The number of hydrogen-bond donors (Lipinski definition) is 6. The maximum atomic E-state index is 13.5. The first-order valence-electron chi connectivity index (χ1n) is 14.2. The first kappa shape index (κ1) is 37.1. The number of ether oxygens (including phenoxy) is 1. The van der Waals surface area contributed by atoms with Crippen LogP contribution in [0.15, 0.2) is 0 Å². The zero-order valence-electron chi connectivity index (χ0n) is 25.6. The second kappa shape index (κ2) is 17.7. The fourth-order valence-corrected chi connectivity index (χ4v) is 3.89. The average Bonchev–Trinajstić information content (AvgIpc) is 2.82. The van der Waals surface area contributed by atoms with E-state index in [1.807, 2.05) is 41.5 Å². The second-order valence-electron chi connectivity index (χ2n) is 11.9. The molecule has 0 unspecified atom stereocenters. The molecular formula is C28H52N4O8. The molecule has 0 spiro atoms. The van der Waals surface area contributed by atoms with Crippen LogP contribution in [0.3, 0.4) is 0 Å². The van der Waals surface area contributed by atoms with Crippen molar-refractivity contribution in [2.24, 2.45) is 17.8 Å². The van der Waals surface area contributed by atoms with E-state index < -0.39 is 59.6 Å². The van der Waals surface area contributed by atoms with Gasteiger partial charge in [-0.2, -0.15) is 0 Å². The van der Waals surface area contributed by atoms with Crippen molar-refractivity contribution in [1.82, 2.24) is 21.3 Å². The number of aliphatic hydroxyl groups excluding tert-OH is 1. The van der Waals surface area contributed by atoms with E-state index in [1.165, 1.54) is 0 Å². The molecule has 0 fully saturated rings. The minimum absolute atomic E-state index is 0.0690. The molecule has 0 aliphatic carbocycles. The number of alkyl carbamates (subject to hydrolysis) is 1. The van der Waals surface area contributed by atoms with Gasteiger partial charge in [0.25, 0.3) is 0 Å². The Morgan fingerprint density at radius 1 is 0.825 bits per heavy atom. The predicted octanol–water partition coefficient (Wildman–Crippen LogP) is 2.33. The Balaban J connectivity index is 5.70. The Morgan fingerprint density at radius 3 is 1.77 bits per heavy atom. The van der Waals surface area contributed by atoms with Crippen molar-refractivity contribution in [1.29, 1.82) is 0 Å². The van der Waals surface area contributed by atoms with Crippen LogP contribution in [-0.4, -0.2) is 76.4 Å². The lowest BCUT2D eigenvalue weighted by molar-refractivity contribution is -0.137. The normalized spacial score (nSPS) is 16.1. The minimum Gasteiger partial charge on any atom is -0.481 e. The Bertz CT molecular complexity index is 843. The highest BCUT2D eigenvalue weighted by atomic mass is 16.6. The lowest BCUT2D eigenvalue weighted by Gasteiger charge is -2.32. The van der Waals surface area contributed by atoms with Gasteiger partial charge in [-0.05, 0) is 44.9 Å². The molecule has 0 aliphatic rings. The highest BCUT2D eigenvalue weighted by molar-refractivity contribution is 5.91. The summed E-state index contributed by atoms with van der Waals surface area (Å²) in [6.07, 6.45) is -1.02. The van der Waals surface area contributed by atoms with Crippen LogP contribution in [0, 0.1) is 17.8 Å². The van der Waals surface area contributed by atoms with E-state index in [4.69, 9.17) is 9.84 Å². The van der Waals surface area contributed by atoms with E-state index in [1.54, 1.807) is 20.8 Å². The molecule has 0 radical (unpaired) electrons. The third-order valence-corrected chi connectivity index (χ3v) is 6.53. The molecule has 12 heteroatoms.